The summed E-state index contributed by atoms with van der Waals surface area (Å²) in [6, 6.07) is 13.8. The molecule has 0 saturated heterocycles. The second-order valence-corrected chi connectivity index (χ2v) is 7.25. The quantitative estimate of drug-likeness (QED) is 0.835. The Labute approximate surface area is 166 Å². The Balaban J connectivity index is 2.01. The highest BCUT2D eigenvalue weighted by molar-refractivity contribution is 6.03. The molecular weight excluding hydrogens is 354 g/mol. The van der Waals surface area contributed by atoms with Crippen LogP contribution >= 0.6 is 0 Å². The van der Waals surface area contributed by atoms with Crippen LogP contribution in [-0.4, -0.2) is 39.2 Å². The molecule has 1 aliphatic heterocycles. The molecule has 1 aliphatic rings. The minimum Gasteiger partial charge on any atom is -0.450 e. The SMILES string of the molecule is CCOC(=O)Nc1ccc2c(c1)N(C(=O)CC[NH+](C)C)c1ccccc1CC2. The Hall–Kier alpha value is -2.86. The van der Waals surface area contributed by atoms with Crippen molar-refractivity contribution in [3.63, 3.8) is 0 Å². The maximum atomic E-state index is 13.2. The van der Waals surface area contributed by atoms with E-state index in [2.05, 4.69) is 11.4 Å². The number of ether oxygens (including phenoxy) is 1. The molecule has 0 fully saturated rings. The van der Waals surface area contributed by atoms with Crippen molar-refractivity contribution in [2.75, 3.05) is 37.5 Å². The number of rotatable bonds is 5. The Kier molecular flexibility index (Phi) is 6.31. The molecule has 0 aromatic heterocycles. The fraction of sp³-hybridized carbons (Fsp3) is 0.364. The van der Waals surface area contributed by atoms with Gasteiger partial charge in [0.1, 0.15) is 0 Å². The van der Waals surface area contributed by atoms with Crippen LogP contribution in [0.1, 0.15) is 24.5 Å². The fourth-order valence-corrected chi connectivity index (χ4v) is 3.42. The summed E-state index contributed by atoms with van der Waals surface area (Å²) in [5, 5.41) is 2.74. The van der Waals surface area contributed by atoms with Gasteiger partial charge in [0.05, 0.1) is 45.0 Å². The maximum Gasteiger partial charge on any atom is 0.411 e. The van der Waals surface area contributed by atoms with E-state index >= 15 is 0 Å². The van der Waals surface area contributed by atoms with Crippen LogP contribution in [0.5, 0.6) is 0 Å². The predicted octanol–water partition coefficient (Wildman–Crippen LogP) is 2.55. The van der Waals surface area contributed by atoms with Gasteiger partial charge in [-0.25, -0.2) is 4.79 Å². The largest absolute Gasteiger partial charge is 0.450 e. The molecule has 2 N–H and O–H groups in total. The van der Waals surface area contributed by atoms with Gasteiger partial charge in [-0.05, 0) is 49.1 Å². The third-order valence-corrected chi connectivity index (χ3v) is 4.83. The summed E-state index contributed by atoms with van der Waals surface area (Å²) in [6.07, 6.45) is 1.67. The van der Waals surface area contributed by atoms with Crippen LogP contribution in [0.2, 0.25) is 0 Å². The first-order valence-electron chi connectivity index (χ1n) is 9.76. The van der Waals surface area contributed by atoms with Gasteiger partial charge in [-0.3, -0.25) is 15.0 Å². The van der Waals surface area contributed by atoms with Gasteiger partial charge in [0.2, 0.25) is 5.91 Å². The highest BCUT2D eigenvalue weighted by Crippen LogP contribution is 2.38. The average Bonchev–Trinajstić information content (AvgIpc) is 2.83. The van der Waals surface area contributed by atoms with E-state index in [9.17, 15) is 9.59 Å². The molecule has 1 heterocycles. The molecule has 0 radical (unpaired) electrons. The van der Waals surface area contributed by atoms with Crippen LogP contribution in [0, 0.1) is 0 Å². The summed E-state index contributed by atoms with van der Waals surface area (Å²) in [7, 11) is 4.08. The molecule has 0 unspecified atom stereocenters. The van der Waals surface area contributed by atoms with E-state index in [0.717, 1.165) is 41.9 Å². The first-order chi connectivity index (χ1) is 13.5. The number of anilines is 3. The Morgan fingerprint density at radius 1 is 1.07 bits per heavy atom. The van der Waals surface area contributed by atoms with Gasteiger partial charge in [0, 0.05) is 5.69 Å². The third kappa shape index (κ3) is 4.51. The summed E-state index contributed by atoms with van der Waals surface area (Å²) in [6.45, 7) is 2.83. The number of hydrogen-bond donors (Lipinski definition) is 2. The highest BCUT2D eigenvalue weighted by Gasteiger charge is 2.26. The molecule has 0 atom stereocenters. The predicted molar refractivity (Wildman–Crippen MR) is 110 cm³/mol. The van der Waals surface area contributed by atoms with Crippen molar-refractivity contribution in [2.24, 2.45) is 0 Å². The van der Waals surface area contributed by atoms with E-state index in [0.29, 0.717) is 18.7 Å². The zero-order valence-corrected chi connectivity index (χ0v) is 16.7. The number of para-hydroxylation sites is 1. The minimum absolute atomic E-state index is 0.0603. The van der Waals surface area contributed by atoms with Crippen LogP contribution < -0.4 is 15.1 Å². The van der Waals surface area contributed by atoms with Crippen LogP contribution in [0.4, 0.5) is 21.9 Å². The molecule has 6 nitrogen and oxygen atoms in total. The monoisotopic (exact) mass is 382 g/mol. The maximum absolute atomic E-state index is 13.2. The van der Waals surface area contributed by atoms with Crippen LogP contribution in [0.25, 0.3) is 0 Å². The summed E-state index contributed by atoms with van der Waals surface area (Å²) in [4.78, 5) is 28.1. The lowest BCUT2D eigenvalue weighted by molar-refractivity contribution is -0.857. The number of carbonyl (C=O) groups excluding carboxylic acids is 2. The van der Waals surface area contributed by atoms with Crippen LogP contribution in [0.3, 0.4) is 0 Å². The van der Waals surface area contributed by atoms with E-state index in [-0.39, 0.29) is 5.91 Å². The van der Waals surface area contributed by atoms with E-state index in [1.807, 2.05) is 55.4 Å². The third-order valence-electron chi connectivity index (χ3n) is 4.83. The molecule has 3 rings (SSSR count). The number of carbonyl (C=O) groups is 2. The van der Waals surface area contributed by atoms with Gasteiger partial charge in [0.15, 0.2) is 0 Å². The standard InChI is InChI=1S/C22H27N3O3/c1-4-28-22(27)23-18-12-11-17-10-9-16-7-5-6-8-19(16)25(20(17)15-18)21(26)13-14-24(2)3/h5-8,11-12,15H,4,9-10,13-14H2,1-3H3,(H,23,27)/p+1. The number of aryl methyl sites for hydroxylation is 2. The summed E-state index contributed by atoms with van der Waals surface area (Å²) in [5.74, 6) is 0.0603. The second-order valence-electron chi connectivity index (χ2n) is 7.25. The molecule has 2 amide bonds. The topological polar surface area (TPSA) is 63.1 Å². The summed E-state index contributed by atoms with van der Waals surface area (Å²) >= 11 is 0. The van der Waals surface area contributed by atoms with Crippen LogP contribution in [0.15, 0.2) is 42.5 Å². The number of quaternary nitrogens is 1. The second kappa shape index (κ2) is 8.89. The van der Waals surface area contributed by atoms with E-state index < -0.39 is 6.09 Å². The molecule has 28 heavy (non-hydrogen) atoms. The van der Waals surface area contributed by atoms with Crippen molar-refractivity contribution >= 4 is 29.1 Å². The number of nitrogens with zero attached hydrogens (tertiary/aromatic N) is 1. The van der Waals surface area contributed by atoms with Crippen molar-refractivity contribution in [1.29, 1.82) is 0 Å². The van der Waals surface area contributed by atoms with Crippen molar-refractivity contribution in [1.82, 2.24) is 0 Å². The first-order valence-corrected chi connectivity index (χ1v) is 9.76. The van der Waals surface area contributed by atoms with E-state index in [4.69, 9.17) is 4.74 Å². The highest BCUT2D eigenvalue weighted by atomic mass is 16.5. The molecule has 0 saturated carbocycles. The molecule has 0 aliphatic carbocycles. The van der Waals surface area contributed by atoms with Crippen molar-refractivity contribution in [3.05, 3.63) is 53.6 Å². The smallest absolute Gasteiger partial charge is 0.411 e. The Morgan fingerprint density at radius 2 is 1.79 bits per heavy atom. The van der Waals surface area contributed by atoms with Gasteiger partial charge in [-0.1, -0.05) is 24.3 Å². The van der Waals surface area contributed by atoms with Gasteiger partial charge in [-0.2, -0.15) is 0 Å². The zero-order valence-electron chi connectivity index (χ0n) is 16.7. The van der Waals surface area contributed by atoms with Crippen LogP contribution in [-0.2, 0) is 22.4 Å². The van der Waals surface area contributed by atoms with Crippen molar-refractivity contribution in [2.45, 2.75) is 26.2 Å². The Bertz CT molecular complexity index is 864. The van der Waals surface area contributed by atoms with Gasteiger partial charge in [-0.15, -0.1) is 0 Å². The number of amides is 2. The minimum atomic E-state index is -0.495. The molecule has 2 aromatic carbocycles. The number of nitrogens with one attached hydrogen (secondary N) is 2. The van der Waals surface area contributed by atoms with Gasteiger partial charge >= 0.3 is 6.09 Å². The number of fused-ring (bicyclic) bond motifs is 2. The van der Waals surface area contributed by atoms with Crippen molar-refractivity contribution in [3.8, 4) is 0 Å². The normalized spacial score (nSPS) is 12.8. The molecule has 0 spiro atoms. The fourth-order valence-electron chi connectivity index (χ4n) is 3.42. The molecule has 6 heteroatoms. The van der Waals surface area contributed by atoms with E-state index in [1.165, 1.54) is 4.90 Å². The molecule has 148 valence electrons. The summed E-state index contributed by atoms with van der Waals surface area (Å²) in [5.41, 5.74) is 4.62. The van der Waals surface area contributed by atoms with E-state index in [1.54, 1.807) is 6.92 Å². The first kappa shape index (κ1) is 19.9. The lowest BCUT2D eigenvalue weighted by atomic mass is 10.0. The van der Waals surface area contributed by atoms with Gasteiger partial charge < -0.3 is 9.64 Å². The Morgan fingerprint density at radius 3 is 2.50 bits per heavy atom. The number of hydrogen-bond acceptors (Lipinski definition) is 3. The zero-order chi connectivity index (χ0) is 20.1. The van der Waals surface area contributed by atoms with Gasteiger partial charge in [0.25, 0.3) is 0 Å². The lowest BCUT2D eigenvalue weighted by Crippen LogP contribution is -3.05. The number of benzene rings is 2. The summed E-state index contributed by atoms with van der Waals surface area (Å²) < 4.78 is 4.98. The molecule has 2 aromatic rings. The lowest BCUT2D eigenvalue weighted by Gasteiger charge is -2.26. The van der Waals surface area contributed by atoms with Crippen molar-refractivity contribution < 1.29 is 19.2 Å². The average molecular weight is 382 g/mol. The molecular formula is C22H28N3O3+. The molecule has 0 bridgehead atoms.